The van der Waals surface area contributed by atoms with Crippen LogP contribution in [0.1, 0.15) is 40.0 Å². The normalized spacial score (nSPS) is 26.9. The SMILES string of the molecule is CC(C)(C)OC(=O)N1CC[C@@H](C2CC2)C1. The van der Waals surface area contributed by atoms with Gasteiger partial charge in [-0.15, -0.1) is 0 Å². The number of hydrogen-bond acceptors (Lipinski definition) is 2. The third kappa shape index (κ3) is 2.86. The zero-order valence-electron chi connectivity index (χ0n) is 9.95. The second-order valence-electron chi connectivity index (χ2n) is 5.81. The monoisotopic (exact) mass is 211 g/mol. The molecule has 1 aliphatic carbocycles. The summed E-state index contributed by atoms with van der Waals surface area (Å²) < 4.78 is 5.36. The van der Waals surface area contributed by atoms with Crippen LogP contribution in [0.3, 0.4) is 0 Å². The minimum absolute atomic E-state index is 0.134. The molecule has 0 aromatic carbocycles. The molecule has 3 heteroatoms. The molecule has 15 heavy (non-hydrogen) atoms. The third-order valence-electron chi connectivity index (χ3n) is 3.17. The number of carbonyl (C=O) groups excluding carboxylic acids is 1. The van der Waals surface area contributed by atoms with Gasteiger partial charge in [0.15, 0.2) is 0 Å². The van der Waals surface area contributed by atoms with Crippen LogP contribution in [0.2, 0.25) is 0 Å². The summed E-state index contributed by atoms with van der Waals surface area (Å²) in [5.74, 6) is 1.65. The Bertz CT molecular complexity index is 253. The van der Waals surface area contributed by atoms with Crippen molar-refractivity contribution in [3.8, 4) is 0 Å². The summed E-state index contributed by atoms with van der Waals surface area (Å²) in [6.07, 6.45) is 3.77. The molecule has 2 rings (SSSR count). The van der Waals surface area contributed by atoms with Gasteiger partial charge in [0.05, 0.1) is 0 Å². The Labute approximate surface area is 91.8 Å². The first-order valence-electron chi connectivity index (χ1n) is 5.93. The van der Waals surface area contributed by atoms with Crippen molar-refractivity contribution < 1.29 is 9.53 Å². The lowest BCUT2D eigenvalue weighted by Crippen LogP contribution is -2.35. The molecular weight excluding hydrogens is 190 g/mol. The van der Waals surface area contributed by atoms with Gasteiger partial charge < -0.3 is 9.64 Å². The average molecular weight is 211 g/mol. The molecule has 0 N–H and O–H groups in total. The zero-order valence-corrected chi connectivity index (χ0v) is 9.95. The van der Waals surface area contributed by atoms with Gasteiger partial charge in [-0.25, -0.2) is 4.79 Å². The lowest BCUT2D eigenvalue weighted by Gasteiger charge is -2.24. The fourth-order valence-electron chi connectivity index (χ4n) is 2.23. The summed E-state index contributed by atoms with van der Waals surface area (Å²) in [6, 6.07) is 0. The molecule has 1 saturated heterocycles. The second-order valence-corrected chi connectivity index (χ2v) is 5.81. The smallest absolute Gasteiger partial charge is 0.410 e. The first kappa shape index (κ1) is 10.8. The maximum absolute atomic E-state index is 11.8. The van der Waals surface area contributed by atoms with E-state index >= 15 is 0 Å². The fraction of sp³-hybridized carbons (Fsp3) is 0.917. The van der Waals surface area contributed by atoms with Crippen LogP contribution in [-0.2, 0) is 4.74 Å². The van der Waals surface area contributed by atoms with Crippen molar-refractivity contribution in [1.82, 2.24) is 4.90 Å². The maximum atomic E-state index is 11.8. The minimum Gasteiger partial charge on any atom is -0.444 e. The van der Waals surface area contributed by atoms with E-state index < -0.39 is 0 Å². The van der Waals surface area contributed by atoms with E-state index in [0.29, 0.717) is 0 Å². The molecule has 86 valence electrons. The van der Waals surface area contributed by atoms with Gasteiger partial charge >= 0.3 is 6.09 Å². The number of carbonyl (C=O) groups is 1. The molecule has 1 atom stereocenters. The Morgan fingerprint density at radius 2 is 1.87 bits per heavy atom. The highest BCUT2D eigenvalue weighted by molar-refractivity contribution is 5.68. The van der Waals surface area contributed by atoms with Crippen molar-refractivity contribution in [1.29, 1.82) is 0 Å². The molecule has 3 nitrogen and oxygen atoms in total. The highest BCUT2D eigenvalue weighted by Gasteiger charge is 2.38. The van der Waals surface area contributed by atoms with Crippen LogP contribution in [0.25, 0.3) is 0 Å². The van der Waals surface area contributed by atoms with Crippen molar-refractivity contribution in [2.24, 2.45) is 11.8 Å². The van der Waals surface area contributed by atoms with Gasteiger partial charge in [-0.2, -0.15) is 0 Å². The summed E-state index contributed by atoms with van der Waals surface area (Å²) in [4.78, 5) is 13.6. The van der Waals surface area contributed by atoms with Crippen LogP contribution < -0.4 is 0 Å². The van der Waals surface area contributed by atoms with Crippen molar-refractivity contribution in [3.05, 3.63) is 0 Å². The van der Waals surface area contributed by atoms with Crippen molar-refractivity contribution in [2.45, 2.75) is 45.6 Å². The molecule has 1 amide bonds. The highest BCUT2D eigenvalue weighted by Crippen LogP contribution is 2.41. The standard InChI is InChI=1S/C12H21NO2/c1-12(2,3)15-11(14)13-7-6-10(8-13)9-4-5-9/h9-10H,4-8H2,1-3H3/t10-/m1/s1. The number of likely N-dealkylation sites (tertiary alicyclic amines) is 1. The molecular formula is C12H21NO2. The van der Waals surface area contributed by atoms with E-state index in [1.165, 1.54) is 19.3 Å². The van der Waals surface area contributed by atoms with Gasteiger partial charge in [-0.1, -0.05) is 0 Å². The molecule has 0 unspecified atom stereocenters. The van der Waals surface area contributed by atoms with Crippen LogP contribution in [0.15, 0.2) is 0 Å². The van der Waals surface area contributed by atoms with E-state index in [-0.39, 0.29) is 11.7 Å². The van der Waals surface area contributed by atoms with Gasteiger partial charge in [0.1, 0.15) is 5.60 Å². The topological polar surface area (TPSA) is 29.5 Å². The third-order valence-corrected chi connectivity index (χ3v) is 3.17. The summed E-state index contributed by atoms with van der Waals surface area (Å²) in [6.45, 7) is 7.55. The molecule has 0 spiro atoms. The first-order chi connectivity index (χ1) is 6.96. The molecule has 2 fully saturated rings. The van der Waals surface area contributed by atoms with Gasteiger partial charge in [-0.3, -0.25) is 0 Å². The fourth-order valence-corrected chi connectivity index (χ4v) is 2.23. The lowest BCUT2D eigenvalue weighted by molar-refractivity contribution is 0.0287. The Hall–Kier alpha value is -0.730. The lowest BCUT2D eigenvalue weighted by atomic mass is 10.0. The van der Waals surface area contributed by atoms with Crippen LogP contribution in [-0.4, -0.2) is 29.7 Å². The molecule has 1 heterocycles. The molecule has 0 aromatic heterocycles. The Morgan fingerprint density at radius 1 is 1.20 bits per heavy atom. The molecule has 0 radical (unpaired) electrons. The molecule has 2 aliphatic rings. The van der Waals surface area contributed by atoms with Gasteiger partial charge in [0.25, 0.3) is 0 Å². The Balaban J connectivity index is 1.82. The van der Waals surface area contributed by atoms with Crippen LogP contribution in [0, 0.1) is 11.8 Å². The van der Waals surface area contributed by atoms with Crippen molar-refractivity contribution >= 4 is 6.09 Å². The van der Waals surface area contributed by atoms with E-state index in [9.17, 15) is 4.79 Å². The Morgan fingerprint density at radius 3 is 2.40 bits per heavy atom. The number of nitrogens with zero attached hydrogens (tertiary/aromatic N) is 1. The first-order valence-corrected chi connectivity index (χ1v) is 5.93. The number of rotatable bonds is 1. The number of ether oxygens (including phenoxy) is 1. The summed E-state index contributed by atoms with van der Waals surface area (Å²) >= 11 is 0. The van der Waals surface area contributed by atoms with Gasteiger partial charge in [0, 0.05) is 13.1 Å². The predicted molar refractivity (Wildman–Crippen MR) is 58.6 cm³/mol. The van der Waals surface area contributed by atoms with Crippen molar-refractivity contribution in [3.63, 3.8) is 0 Å². The molecule has 1 aliphatic heterocycles. The van der Waals surface area contributed by atoms with Gasteiger partial charge in [-0.05, 0) is 51.9 Å². The number of hydrogen-bond donors (Lipinski definition) is 0. The summed E-state index contributed by atoms with van der Waals surface area (Å²) in [7, 11) is 0. The van der Waals surface area contributed by atoms with Gasteiger partial charge in [0.2, 0.25) is 0 Å². The van der Waals surface area contributed by atoms with Crippen LogP contribution >= 0.6 is 0 Å². The maximum Gasteiger partial charge on any atom is 0.410 e. The van der Waals surface area contributed by atoms with E-state index in [1.807, 2.05) is 25.7 Å². The van der Waals surface area contributed by atoms with Crippen molar-refractivity contribution in [2.75, 3.05) is 13.1 Å². The molecule has 0 aromatic rings. The minimum atomic E-state index is -0.366. The predicted octanol–water partition coefficient (Wildman–Crippen LogP) is 2.65. The molecule has 1 saturated carbocycles. The average Bonchev–Trinajstić information content (AvgIpc) is 2.81. The van der Waals surface area contributed by atoms with E-state index in [2.05, 4.69) is 0 Å². The number of amides is 1. The zero-order chi connectivity index (χ0) is 11.1. The van der Waals surface area contributed by atoms with E-state index in [4.69, 9.17) is 4.74 Å². The summed E-state index contributed by atoms with van der Waals surface area (Å²) in [5, 5.41) is 0. The molecule has 0 bridgehead atoms. The van der Waals surface area contributed by atoms with E-state index in [1.54, 1.807) is 0 Å². The largest absolute Gasteiger partial charge is 0.444 e. The summed E-state index contributed by atoms with van der Waals surface area (Å²) in [5.41, 5.74) is -0.366. The van der Waals surface area contributed by atoms with Crippen LogP contribution in [0.5, 0.6) is 0 Å². The van der Waals surface area contributed by atoms with E-state index in [0.717, 1.165) is 24.9 Å². The second kappa shape index (κ2) is 3.69. The highest BCUT2D eigenvalue weighted by atomic mass is 16.6. The van der Waals surface area contributed by atoms with Crippen LogP contribution in [0.4, 0.5) is 4.79 Å². The Kier molecular flexibility index (Phi) is 2.65. The quantitative estimate of drug-likeness (QED) is 0.667.